The average Bonchev–Trinajstić information content (AvgIpc) is 3.28. The van der Waals surface area contributed by atoms with Gasteiger partial charge in [0.05, 0.1) is 11.4 Å². The van der Waals surface area contributed by atoms with E-state index in [-0.39, 0.29) is 5.91 Å². The summed E-state index contributed by atoms with van der Waals surface area (Å²) in [6.07, 6.45) is 1.63. The summed E-state index contributed by atoms with van der Waals surface area (Å²) in [4.78, 5) is 30.1. The van der Waals surface area contributed by atoms with E-state index in [2.05, 4.69) is 36.8 Å². The molecule has 3 heterocycles. The van der Waals surface area contributed by atoms with Crippen LogP contribution in [-0.4, -0.2) is 20.9 Å². The van der Waals surface area contributed by atoms with Gasteiger partial charge in [0.2, 0.25) is 5.91 Å². The van der Waals surface area contributed by atoms with E-state index in [9.17, 15) is 4.79 Å². The SMILES string of the molecule is CC(=O)N(c1nc(CSc2ncnc3sc(C)c(C)c23)cs1)c1cccc(C)c1C. The van der Waals surface area contributed by atoms with Crippen LogP contribution in [0.15, 0.2) is 34.9 Å². The fourth-order valence-electron chi connectivity index (χ4n) is 3.25. The Kier molecular flexibility index (Phi) is 5.90. The lowest BCUT2D eigenvalue weighted by Crippen LogP contribution is -2.23. The number of fused-ring (bicyclic) bond motifs is 1. The van der Waals surface area contributed by atoms with Crippen LogP contribution in [0.2, 0.25) is 0 Å². The van der Waals surface area contributed by atoms with Crippen LogP contribution in [0.4, 0.5) is 10.8 Å². The highest BCUT2D eigenvalue weighted by Gasteiger charge is 2.20. The number of nitrogens with zero attached hydrogens (tertiary/aromatic N) is 4. The molecular weight excluding hydrogens is 432 g/mol. The van der Waals surface area contributed by atoms with Crippen LogP contribution in [0, 0.1) is 27.7 Å². The molecule has 0 saturated carbocycles. The molecule has 0 N–H and O–H groups in total. The molecule has 1 aromatic carbocycles. The van der Waals surface area contributed by atoms with E-state index >= 15 is 0 Å². The van der Waals surface area contributed by atoms with Crippen LogP contribution >= 0.6 is 34.4 Å². The van der Waals surface area contributed by atoms with Crippen molar-refractivity contribution in [2.45, 2.75) is 45.4 Å². The van der Waals surface area contributed by atoms with Crippen LogP contribution in [0.5, 0.6) is 0 Å². The van der Waals surface area contributed by atoms with E-state index in [0.29, 0.717) is 10.9 Å². The minimum Gasteiger partial charge on any atom is -0.274 e. The lowest BCUT2D eigenvalue weighted by atomic mass is 10.1. The number of thiazole rings is 1. The number of anilines is 2. The van der Waals surface area contributed by atoms with Gasteiger partial charge in [-0.2, -0.15) is 0 Å². The minimum atomic E-state index is -0.0425. The monoisotopic (exact) mass is 454 g/mol. The molecule has 0 aliphatic carbocycles. The molecule has 4 aromatic rings. The first kappa shape index (κ1) is 21.0. The molecule has 0 spiro atoms. The molecular formula is C22H22N4OS3. The quantitative estimate of drug-likeness (QED) is 0.259. The molecule has 0 radical (unpaired) electrons. The number of carbonyl (C=O) groups is 1. The Balaban J connectivity index is 1.60. The zero-order valence-electron chi connectivity index (χ0n) is 17.5. The average molecular weight is 455 g/mol. The molecule has 5 nitrogen and oxygen atoms in total. The predicted molar refractivity (Wildman–Crippen MR) is 127 cm³/mol. The second-order valence-corrected chi connectivity index (χ2v) is 10.1. The van der Waals surface area contributed by atoms with E-state index in [4.69, 9.17) is 4.98 Å². The largest absolute Gasteiger partial charge is 0.274 e. The number of hydrogen-bond donors (Lipinski definition) is 0. The van der Waals surface area contributed by atoms with Crippen LogP contribution < -0.4 is 4.90 Å². The van der Waals surface area contributed by atoms with Crippen molar-refractivity contribution in [2.24, 2.45) is 0 Å². The highest BCUT2D eigenvalue weighted by molar-refractivity contribution is 7.98. The number of thioether (sulfide) groups is 1. The highest BCUT2D eigenvalue weighted by atomic mass is 32.2. The van der Waals surface area contributed by atoms with Gasteiger partial charge in [-0.25, -0.2) is 15.0 Å². The summed E-state index contributed by atoms with van der Waals surface area (Å²) in [6.45, 7) is 9.91. The third-order valence-corrected chi connectivity index (χ3v) is 8.16. The van der Waals surface area contributed by atoms with E-state index in [1.165, 1.54) is 21.8 Å². The van der Waals surface area contributed by atoms with Crippen molar-refractivity contribution >= 4 is 61.4 Å². The normalized spacial score (nSPS) is 11.2. The van der Waals surface area contributed by atoms with Crippen LogP contribution in [0.25, 0.3) is 10.2 Å². The summed E-state index contributed by atoms with van der Waals surface area (Å²) in [5.74, 6) is 0.648. The van der Waals surface area contributed by atoms with Crippen molar-refractivity contribution in [1.82, 2.24) is 15.0 Å². The molecule has 0 bridgehead atoms. The van der Waals surface area contributed by atoms with Gasteiger partial charge in [-0.3, -0.25) is 9.69 Å². The Hall–Kier alpha value is -2.29. The molecule has 1 amide bonds. The van der Waals surface area contributed by atoms with Gasteiger partial charge in [0, 0.05) is 28.3 Å². The standard InChI is InChI=1S/C22H22N4OS3/c1-12-7-6-8-18(13(12)2)26(16(5)27)22-25-17(10-29-22)9-28-20-19-14(3)15(4)30-21(19)24-11-23-20/h6-8,10-11H,9H2,1-5H3. The smallest absolute Gasteiger partial charge is 0.230 e. The van der Waals surface area contributed by atoms with Gasteiger partial charge >= 0.3 is 0 Å². The molecule has 0 unspecified atom stereocenters. The molecule has 8 heteroatoms. The number of thiophene rings is 1. The van der Waals surface area contributed by atoms with E-state index in [0.717, 1.165) is 37.8 Å². The molecule has 0 fully saturated rings. The molecule has 0 atom stereocenters. The molecule has 4 rings (SSSR count). The first-order valence-corrected chi connectivity index (χ1v) is 12.2. The van der Waals surface area contributed by atoms with E-state index in [1.807, 2.05) is 24.4 Å². The Morgan fingerprint density at radius 2 is 1.93 bits per heavy atom. The van der Waals surface area contributed by atoms with Crippen LogP contribution in [-0.2, 0) is 10.5 Å². The van der Waals surface area contributed by atoms with Gasteiger partial charge in [-0.15, -0.1) is 22.7 Å². The molecule has 154 valence electrons. The van der Waals surface area contributed by atoms with Gasteiger partial charge in [-0.1, -0.05) is 23.9 Å². The van der Waals surface area contributed by atoms with Crippen LogP contribution in [0.3, 0.4) is 0 Å². The highest BCUT2D eigenvalue weighted by Crippen LogP contribution is 2.37. The molecule has 0 saturated heterocycles. The third kappa shape index (κ3) is 3.87. The minimum absolute atomic E-state index is 0.0425. The fourth-order valence-corrected chi connectivity index (χ4v) is 6.25. The van der Waals surface area contributed by atoms with Crippen molar-refractivity contribution < 1.29 is 4.79 Å². The first-order chi connectivity index (χ1) is 14.4. The summed E-state index contributed by atoms with van der Waals surface area (Å²) in [7, 11) is 0. The van der Waals surface area contributed by atoms with Gasteiger partial charge in [0.1, 0.15) is 16.2 Å². The first-order valence-electron chi connectivity index (χ1n) is 9.51. The van der Waals surface area contributed by atoms with Crippen molar-refractivity contribution in [1.29, 1.82) is 0 Å². The van der Waals surface area contributed by atoms with Gasteiger partial charge in [0.15, 0.2) is 5.13 Å². The number of rotatable bonds is 5. The molecule has 0 aliphatic heterocycles. The van der Waals surface area contributed by atoms with Gasteiger partial charge < -0.3 is 0 Å². The fraction of sp³-hybridized carbons (Fsp3) is 0.273. The Morgan fingerprint density at radius 1 is 1.13 bits per heavy atom. The number of amides is 1. The number of hydrogen-bond acceptors (Lipinski definition) is 7. The summed E-state index contributed by atoms with van der Waals surface area (Å²) in [5.41, 5.74) is 5.31. The van der Waals surface area contributed by atoms with E-state index in [1.54, 1.807) is 41.2 Å². The maximum absolute atomic E-state index is 12.5. The second kappa shape index (κ2) is 8.45. The number of aryl methyl sites for hydroxylation is 3. The van der Waals surface area contributed by atoms with Crippen molar-refractivity contribution in [2.75, 3.05) is 4.90 Å². The summed E-state index contributed by atoms with van der Waals surface area (Å²) in [6, 6.07) is 6.00. The maximum Gasteiger partial charge on any atom is 0.230 e. The number of benzene rings is 1. The van der Waals surface area contributed by atoms with Gasteiger partial charge in [0.25, 0.3) is 0 Å². The van der Waals surface area contributed by atoms with E-state index < -0.39 is 0 Å². The molecule has 0 aliphatic rings. The third-order valence-electron chi connectivity index (χ3n) is 5.15. The molecule has 30 heavy (non-hydrogen) atoms. The predicted octanol–water partition coefficient (Wildman–Crippen LogP) is 6.36. The van der Waals surface area contributed by atoms with Gasteiger partial charge in [-0.05, 0) is 50.5 Å². The topological polar surface area (TPSA) is 59.0 Å². The van der Waals surface area contributed by atoms with Crippen molar-refractivity contribution in [3.05, 3.63) is 57.2 Å². The van der Waals surface area contributed by atoms with Crippen molar-refractivity contribution in [3.8, 4) is 0 Å². The summed E-state index contributed by atoms with van der Waals surface area (Å²) < 4.78 is 0. The second-order valence-electron chi connectivity index (χ2n) is 7.13. The molecule has 3 aromatic heterocycles. The zero-order valence-corrected chi connectivity index (χ0v) is 20.0. The lowest BCUT2D eigenvalue weighted by Gasteiger charge is -2.21. The summed E-state index contributed by atoms with van der Waals surface area (Å²) >= 11 is 4.86. The Labute approximate surface area is 188 Å². The maximum atomic E-state index is 12.5. The van der Waals surface area contributed by atoms with Crippen molar-refractivity contribution in [3.63, 3.8) is 0 Å². The summed E-state index contributed by atoms with van der Waals surface area (Å²) in [5, 5.41) is 4.84. The lowest BCUT2D eigenvalue weighted by molar-refractivity contribution is -0.115. The number of carbonyl (C=O) groups excluding carboxylic acids is 1. The Bertz CT molecular complexity index is 1240. The van der Waals surface area contributed by atoms with Crippen LogP contribution in [0.1, 0.15) is 34.2 Å². The zero-order chi connectivity index (χ0) is 21.4. The Morgan fingerprint density at radius 3 is 2.70 bits per heavy atom. The number of aromatic nitrogens is 3.